The second kappa shape index (κ2) is 5.83. The van der Waals surface area contributed by atoms with Gasteiger partial charge in [0.05, 0.1) is 0 Å². The Morgan fingerprint density at radius 1 is 1.00 bits per heavy atom. The number of benzene rings is 2. The fraction of sp³-hybridized carbons (Fsp3) is 0.133. The average Bonchev–Trinajstić information content (AvgIpc) is 2.38. The van der Waals surface area contributed by atoms with Crippen LogP contribution in [-0.2, 0) is 4.79 Å². The van der Waals surface area contributed by atoms with E-state index in [0.29, 0.717) is 5.75 Å². The van der Waals surface area contributed by atoms with E-state index in [2.05, 4.69) is 28.1 Å². The molecule has 0 spiro atoms. The molecule has 0 fully saturated rings. The van der Waals surface area contributed by atoms with Crippen molar-refractivity contribution in [3.8, 4) is 16.9 Å². The lowest BCUT2D eigenvalue weighted by Crippen LogP contribution is -2.06. The number of hydrogen-bond acceptors (Lipinski definition) is 2. The molecule has 3 heteroatoms. The summed E-state index contributed by atoms with van der Waals surface area (Å²) >= 11 is 3.41. The molecule has 92 valence electrons. The van der Waals surface area contributed by atoms with E-state index < -0.39 is 0 Å². The van der Waals surface area contributed by atoms with Crippen molar-refractivity contribution >= 4 is 21.7 Å². The van der Waals surface area contributed by atoms with Crippen LogP contribution in [0.1, 0.15) is 6.92 Å². The molecule has 0 aliphatic heterocycles. The molecule has 2 aromatic rings. The zero-order valence-electron chi connectivity index (χ0n) is 10.0. The molecule has 0 heterocycles. The summed E-state index contributed by atoms with van der Waals surface area (Å²) in [6.07, 6.45) is 0. The van der Waals surface area contributed by atoms with E-state index in [1.807, 2.05) is 36.4 Å². The Labute approximate surface area is 115 Å². The summed E-state index contributed by atoms with van der Waals surface area (Å²) in [5.74, 6) is 0.734. The zero-order chi connectivity index (χ0) is 13.0. The third-order valence-corrected chi connectivity index (χ3v) is 3.00. The average molecular weight is 305 g/mol. The maximum atomic E-state index is 10.8. The molecule has 18 heavy (non-hydrogen) atoms. The minimum Gasteiger partial charge on any atom is -0.486 e. The van der Waals surface area contributed by atoms with E-state index in [9.17, 15) is 4.79 Å². The third-order valence-electron chi connectivity index (χ3n) is 2.47. The number of hydrogen-bond donors (Lipinski definition) is 0. The molecular weight excluding hydrogens is 292 g/mol. The van der Waals surface area contributed by atoms with Crippen LogP contribution in [0.25, 0.3) is 11.1 Å². The number of halogens is 1. The Morgan fingerprint density at radius 3 is 2.00 bits per heavy atom. The zero-order valence-corrected chi connectivity index (χ0v) is 11.6. The molecular formula is C15H13BrO2. The second-order valence-corrected chi connectivity index (χ2v) is 4.94. The van der Waals surface area contributed by atoms with Crippen molar-refractivity contribution in [1.82, 2.24) is 0 Å². The molecule has 0 aliphatic rings. The summed E-state index contributed by atoms with van der Waals surface area (Å²) < 4.78 is 6.38. The first-order valence-electron chi connectivity index (χ1n) is 5.63. The van der Waals surface area contributed by atoms with Gasteiger partial charge in [0.15, 0.2) is 5.78 Å². The predicted octanol–water partition coefficient (Wildman–Crippen LogP) is 4.08. The third kappa shape index (κ3) is 3.44. The quantitative estimate of drug-likeness (QED) is 0.850. The summed E-state index contributed by atoms with van der Waals surface area (Å²) in [4.78, 5) is 10.8. The second-order valence-electron chi connectivity index (χ2n) is 4.02. The van der Waals surface area contributed by atoms with Crippen LogP contribution in [0.2, 0.25) is 0 Å². The van der Waals surface area contributed by atoms with Crippen molar-refractivity contribution < 1.29 is 9.53 Å². The highest BCUT2D eigenvalue weighted by Gasteiger charge is 2.00. The van der Waals surface area contributed by atoms with Gasteiger partial charge in [-0.1, -0.05) is 40.2 Å². The largest absolute Gasteiger partial charge is 0.486 e. The maximum absolute atomic E-state index is 10.8. The number of ether oxygens (including phenoxy) is 1. The number of Topliss-reactive ketones (excluding diaryl/α,β-unsaturated/α-hetero) is 1. The summed E-state index contributed by atoms with van der Waals surface area (Å²) in [7, 11) is 0. The first-order valence-corrected chi connectivity index (χ1v) is 6.43. The van der Waals surface area contributed by atoms with Crippen LogP contribution in [0, 0.1) is 0 Å². The highest BCUT2D eigenvalue weighted by molar-refractivity contribution is 9.10. The van der Waals surface area contributed by atoms with E-state index in [0.717, 1.165) is 15.6 Å². The number of carbonyl (C=O) groups excluding carboxylic acids is 1. The van der Waals surface area contributed by atoms with Gasteiger partial charge in [-0.15, -0.1) is 0 Å². The minimum atomic E-state index is 0.0204. The maximum Gasteiger partial charge on any atom is 0.167 e. The molecule has 0 radical (unpaired) electrons. The molecule has 0 N–H and O–H groups in total. The molecule has 0 saturated heterocycles. The first kappa shape index (κ1) is 12.8. The summed E-state index contributed by atoms with van der Waals surface area (Å²) in [6, 6.07) is 15.8. The molecule has 2 rings (SSSR count). The standard InChI is InChI=1S/C15H13BrO2/c1-11(17)10-18-15-8-4-13(5-9-15)12-2-6-14(16)7-3-12/h2-9H,10H2,1H3. The van der Waals surface area contributed by atoms with Crippen molar-refractivity contribution in [3.05, 3.63) is 53.0 Å². The van der Waals surface area contributed by atoms with E-state index in [4.69, 9.17) is 4.74 Å². The van der Waals surface area contributed by atoms with Gasteiger partial charge in [-0.05, 0) is 42.3 Å². The van der Waals surface area contributed by atoms with Crippen LogP contribution in [0.15, 0.2) is 53.0 Å². The van der Waals surface area contributed by atoms with Crippen LogP contribution < -0.4 is 4.74 Å². The van der Waals surface area contributed by atoms with Gasteiger partial charge in [-0.25, -0.2) is 0 Å². The first-order chi connectivity index (χ1) is 8.65. The van der Waals surface area contributed by atoms with E-state index >= 15 is 0 Å². The minimum absolute atomic E-state index is 0.0204. The van der Waals surface area contributed by atoms with Gasteiger partial charge in [-0.2, -0.15) is 0 Å². The lowest BCUT2D eigenvalue weighted by molar-refractivity contribution is -0.118. The van der Waals surface area contributed by atoms with E-state index in [1.165, 1.54) is 6.92 Å². The van der Waals surface area contributed by atoms with Crippen molar-refractivity contribution in [2.45, 2.75) is 6.92 Å². The fourth-order valence-electron chi connectivity index (χ4n) is 1.57. The van der Waals surface area contributed by atoms with Crippen LogP contribution in [-0.4, -0.2) is 12.4 Å². The Hall–Kier alpha value is -1.61. The van der Waals surface area contributed by atoms with Gasteiger partial charge in [0.25, 0.3) is 0 Å². The molecule has 0 amide bonds. The molecule has 0 saturated carbocycles. The van der Waals surface area contributed by atoms with Crippen molar-refractivity contribution in [3.63, 3.8) is 0 Å². The van der Waals surface area contributed by atoms with Gasteiger partial charge in [-0.3, -0.25) is 4.79 Å². The van der Waals surface area contributed by atoms with Gasteiger partial charge < -0.3 is 4.74 Å². The Morgan fingerprint density at radius 2 is 1.50 bits per heavy atom. The molecule has 2 nitrogen and oxygen atoms in total. The molecule has 0 aliphatic carbocycles. The highest BCUT2D eigenvalue weighted by atomic mass is 79.9. The van der Waals surface area contributed by atoms with Gasteiger partial charge in [0.2, 0.25) is 0 Å². The summed E-state index contributed by atoms with van der Waals surface area (Å²) in [5, 5.41) is 0. The molecule has 0 unspecified atom stereocenters. The summed E-state index contributed by atoms with van der Waals surface area (Å²) in [5.41, 5.74) is 2.27. The van der Waals surface area contributed by atoms with Crippen LogP contribution in [0.5, 0.6) is 5.75 Å². The van der Waals surface area contributed by atoms with Gasteiger partial charge in [0.1, 0.15) is 12.4 Å². The van der Waals surface area contributed by atoms with E-state index in [1.54, 1.807) is 0 Å². The molecule has 2 aromatic carbocycles. The molecule has 0 aromatic heterocycles. The van der Waals surface area contributed by atoms with Crippen molar-refractivity contribution in [2.75, 3.05) is 6.61 Å². The Balaban J connectivity index is 2.12. The van der Waals surface area contributed by atoms with Crippen LogP contribution >= 0.6 is 15.9 Å². The SMILES string of the molecule is CC(=O)COc1ccc(-c2ccc(Br)cc2)cc1. The predicted molar refractivity (Wildman–Crippen MR) is 75.8 cm³/mol. The Kier molecular flexibility index (Phi) is 4.15. The van der Waals surface area contributed by atoms with Crippen molar-refractivity contribution in [2.24, 2.45) is 0 Å². The van der Waals surface area contributed by atoms with Gasteiger partial charge in [0, 0.05) is 4.47 Å². The molecule has 0 atom stereocenters. The monoisotopic (exact) mass is 304 g/mol. The van der Waals surface area contributed by atoms with Crippen LogP contribution in [0.3, 0.4) is 0 Å². The van der Waals surface area contributed by atoms with Crippen molar-refractivity contribution in [1.29, 1.82) is 0 Å². The lowest BCUT2D eigenvalue weighted by atomic mass is 10.1. The molecule has 0 bridgehead atoms. The topological polar surface area (TPSA) is 26.3 Å². The lowest BCUT2D eigenvalue weighted by Gasteiger charge is -2.06. The number of carbonyl (C=O) groups is 1. The Bertz CT molecular complexity index is 529. The number of rotatable bonds is 4. The normalized spacial score (nSPS) is 10.1. The highest BCUT2D eigenvalue weighted by Crippen LogP contribution is 2.23. The number of ketones is 1. The van der Waals surface area contributed by atoms with Gasteiger partial charge >= 0.3 is 0 Å². The summed E-state index contributed by atoms with van der Waals surface area (Å²) in [6.45, 7) is 1.63. The van der Waals surface area contributed by atoms with Crippen LogP contribution in [0.4, 0.5) is 0 Å². The van der Waals surface area contributed by atoms with E-state index in [-0.39, 0.29) is 12.4 Å². The smallest absolute Gasteiger partial charge is 0.167 e. The fourth-order valence-corrected chi connectivity index (χ4v) is 1.84.